The third-order valence-electron chi connectivity index (χ3n) is 5.93. The largest absolute Gasteiger partial charge is 0.465 e. The fourth-order valence-corrected chi connectivity index (χ4v) is 3.93. The SMILES string of the molecule is C=CCCCc1nc(-c2nnc(C(CCC=C)(OCc3ccccc3)C(F)(F)F)o2)c(NC(=O)O)cc1C(F)(F)F. The first-order valence-corrected chi connectivity index (χ1v) is 12.2. The van der Waals surface area contributed by atoms with Gasteiger partial charge in [0.1, 0.15) is 0 Å². The molecule has 1 unspecified atom stereocenters. The normalized spacial score (nSPS) is 13.4. The number of hydrogen-bond donors (Lipinski definition) is 2. The smallest absolute Gasteiger partial charge is 0.426 e. The van der Waals surface area contributed by atoms with Crippen molar-refractivity contribution in [2.24, 2.45) is 0 Å². The molecule has 2 N–H and O–H groups in total. The van der Waals surface area contributed by atoms with E-state index in [1.807, 2.05) is 0 Å². The molecular weight excluding hydrogens is 558 g/mol. The van der Waals surface area contributed by atoms with Crippen molar-refractivity contribution in [3.8, 4) is 11.6 Å². The van der Waals surface area contributed by atoms with E-state index < -0.39 is 71.5 Å². The molecule has 41 heavy (non-hydrogen) atoms. The molecule has 0 aliphatic carbocycles. The molecule has 3 aromatic rings. The summed E-state index contributed by atoms with van der Waals surface area (Å²) in [5.74, 6) is -1.77. The van der Waals surface area contributed by atoms with E-state index in [1.165, 1.54) is 12.2 Å². The molecule has 2 heterocycles. The number of halogens is 6. The van der Waals surface area contributed by atoms with Crippen LogP contribution in [0.15, 0.2) is 66.1 Å². The van der Waals surface area contributed by atoms with E-state index in [4.69, 9.17) is 9.15 Å². The van der Waals surface area contributed by atoms with Gasteiger partial charge in [-0.1, -0.05) is 42.5 Å². The Kier molecular flexibility index (Phi) is 9.92. The highest BCUT2D eigenvalue weighted by molar-refractivity contribution is 5.88. The fourth-order valence-electron chi connectivity index (χ4n) is 3.93. The molecule has 0 fully saturated rings. The van der Waals surface area contributed by atoms with Crippen LogP contribution in [0, 0.1) is 0 Å². The predicted molar refractivity (Wildman–Crippen MR) is 136 cm³/mol. The molecule has 14 heteroatoms. The molecule has 220 valence electrons. The van der Waals surface area contributed by atoms with E-state index in [1.54, 1.807) is 35.6 Å². The Hall–Kier alpha value is -4.20. The molecule has 1 atom stereocenters. The molecule has 1 aromatic carbocycles. The van der Waals surface area contributed by atoms with Gasteiger partial charge in [-0.3, -0.25) is 5.32 Å². The topological polar surface area (TPSA) is 110 Å². The lowest BCUT2D eigenvalue weighted by molar-refractivity contribution is -0.299. The van der Waals surface area contributed by atoms with Crippen molar-refractivity contribution in [2.45, 2.75) is 56.7 Å². The molecule has 0 radical (unpaired) electrons. The lowest BCUT2D eigenvalue weighted by atomic mass is 9.96. The van der Waals surface area contributed by atoms with E-state index in [0.717, 1.165) is 0 Å². The number of allylic oxidation sites excluding steroid dienone is 2. The van der Waals surface area contributed by atoms with Crippen LogP contribution in [0.5, 0.6) is 0 Å². The summed E-state index contributed by atoms with van der Waals surface area (Å²) in [7, 11) is 0. The van der Waals surface area contributed by atoms with Crippen molar-refractivity contribution in [1.82, 2.24) is 15.2 Å². The number of ether oxygens (including phenoxy) is 1. The van der Waals surface area contributed by atoms with E-state index in [9.17, 15) is 36.2 Å². The van der Waals surface area contributed by atoms with Crippen LogP contribution in [-0.2, 0) is 29.5 Å². The van der Waals surface area contributed by atoms with Crippen molar-refractivity contribution < 1.29 is 45.4 Å². The van der Waals surface area contributed by atoms with Crippen LogP contribution < -0.4 is 5.32 Å². The van der Waals surface area contributed by atoms with Crippen LogP contribution in [0.1, 0.15) is 48.4 Å². The minimum atomic E-state index is -5.08. The van der Waals surface area contributed by atoms with E-state index in [0.29, 0.717) is 18.1 Å². The van der Waals surface area contributed by atoms with Crippen molar-refractivity contribution in [3.63, 3.8) is 0 Å². The Balaban J connectivity index is 2.17. The maximum Gasteiger partial charge on any atom is 0.426 e. The number of aryl methyl sites for hydroxylation is 1. The fraction of sp³-hybridized carbons (Fsp3) is 0.333. The van der Waals surface area contributed by atoms with Gasteiger partial charge in [0, 0.05) is 0 Å². The summed E-state index contributed by atoms with van der Waals surface area (Å²) in [6, 6.07) is 8.50. The zero-order valence-corrected chi connectivity index (χ0v) is 21.6. The number of alkyl halides is 6. The number of nitrogens with one attached hydrogen (secondary N) is 1. The highest BCUT2D eigenvalue weighted by Crippen LogP contribution is 2.47. The molecular formula is C27H26F6N4O4. The number of carbonyl (C=O) groups is 1. The van der Waals surface area contributed by atoms with Crippen molar-refractivity contribution in [3.05, 3.63) is 84.4 Å². The molecule has 1 amide bonds. The maximum atomic E-state index is 14.6. The molecule has 0 aliphatic heterocycles. The average molecular weight is 585 g/mol. The quantitative estimate of drug-likeness (QED) is 0.120. The summed E-state index contributed by atoms with van der Waals surface area (Å²) in [6.45, 7) is 6.48. The Labute approximate surface area is 230 Å². The zero-order valence-electron chi connectivity index (χ0n) is 21.6. The third kappa shape index (κ3) is 7.51. The highest BCUT2D eigenvalue weighted by atomic mass is 19.4. The standard InChI is InChI=1S/C27H26F6N4O4/c1-3-5-8-13-19-18(26(28,29)30)15-20(35-24(38)39)21(34-19)22-36-37-23(41-22)25(14-6-4-2,27(31,32)33)40-16-17-11-9-7-10-12-17/h3-4,7,9-12,15,35H,1-2,5-6,8,13-14,16H2,(H,38,39). The number of rotatable bonds is 13. The summed E-state index contributed by atoms with van der Waals surface area (Å²) in [5, 5.41) is 18.2. The van der Waals surface area contributed by atoms with Gasteiger partial charge in [0.2, 0.25) is 5.60 Å². The van der Waals surface area contributed by atoms with Crippen molar-refractivity contribution >= 4 is 11.8 Å². The molecule has 0 spiro atoms. The molecule has 3 rings (SSSR count). The van der Waals surface area contributed by atoms with Gasteiger partial charge >= 0.3 is 18.4 Å². The van der Waals surface area contributed by atoms with E-state index in [2.05, 4.69) is 28.3 Å². The molecule has 0 aliphatic rings. The summed E-state index contributed by atoms with van der Waals surface area (Å²) in [4.78, 5) is 15.3. The summed E-state index contributed by atoms with van der Waals surface area (Å²) >= 11 is 0. The number of hydrogen-bond acceptors (Lipinski definition) is 6. The first-order valence-electron chi connectivity index (χ1n) is 12.2. The summed E-state index contributed by atoms with van der Waals surface area (Å²) < 4.78 is 96.1. The molecule has 8 nitrogen and oxygen atoms in total. The van der Waals surface area contributed by atoms with Gasteiger partial charge in [0.25, 0.3) is 11.8 Å². The summed E-state index contributed by atoms with van der Waals surface area (Å²) in [5.41, 5.74) is -5.70. The second-order valence-corrected chi connectivity index (χ2v) is 8.83. The molecule has 0 bridgehead atoms. The van der Waals surface area contributed by atoms with E-state index in [-0.39, 0.29) is 19.3 Å². The summed E-state index contributed by atoms with van der Waals surface area (Å²) in [6.07, 6.45) is -9.52. The zero-order chi connectivity index (χ0) is 30.3. The Bertz CT molecular complexity index is 1360. The molecule has 0 saturated heterocycles. The lowest BCUT2D eigenvalue weighted by Crippen LogP contribution is -2.45. The predicted octanol–water partition coefficient (Wildman–Crippen LogP) is 7.69. The second-order valence-electron chi connectivity index (χ2n) is 8.83. The van der Waals surface area contributed by atoms with Gasteiger partial charge in [0.05, 0.1) is 23.6 Å². The third-order valence-corrected chi connectivity index (χ3v) is 5.93. The number of nitrogens with zero attached hydrogens (tertiary/aromatic N) is 3. The van der Waals surface area contributed by atoms with Crippen LogP contribution in [0.2, 0.25) is 0 Å². The van der Waals surface area contributed by atoms with Crippen LogP contribution in [-0.4, -0.2) is 32.6 Å². The van der Waals surface area contributed by atoms with Crippen molar-refractivity contribution in [2.75, 3.05) is 5.32 Å². The molecule has 2 aromatic heterocycles. The minimum absolute atomic E-state index is 0.177. The van der Waals surface area contributed by atoms with Gasteiger partial charge < -0.3 is 14.3 Å². The van der Waals surface area contributed by atoms with Crippen LogP contribution in [0.25, 0.3) is 11.6 Å². The van der Waals surface area contributed by atoms with Crippen LogP contribution in [0.4, 0.5) is 36.8 Å². The highest BCUT2D eigenvalue weighted by Gasteiger charge is 2.61. The second kappa shape index (κ2) is 13.0. The number of unbranched alkanes of at least 4 members (excludes halogenated alkanes) is 1. The number of amides is 1. The van der Waals surface area contributed by atoms with Crippen molar-refractivity contribution in [1.29, 1.82) is 0 Å². The molecule has 0 saturated carbocycles. The number of benzene rings is 1. The Morgan fingerprint density at radius 3 is 2.32 bits per heavy atom. The van der Waals surface area contributed by atoms with Gasteiger partial charge in [-0.15, -0.1) is 23.4 Å². The first kappa shape index (κ1) is 31.3. The number of anilines is 1. The Morgan fingerprint density at radius 2 is 1.73 bits per heavy atom. The number of carboxylic acid groups (broad SMARTS) is 1. The van der Waals surface area contributed by atoms with Crippen LogP contribution >= 0.6 is 0 Å². The van der Waals surface area contributed by atoms with Gasteiger partial charge in [-0.05, 0) is 43.7 Å². The average Bonchev–Trinajstić information content (AvgIpc) is 3.39. The van der Waals surface area contributed by atoms with E-state index >= 15 is 0 Å². The van der Waals surface area contributed by atoms with Gasteiger partial charge in [-0.2, -0.15) is 26.3 Å². The maximum absolute atomic E-state index is 14.6. The Morgan fingerprint density at radius 1 is 1.05 bits per heavy atom. The first-order chi connectivity index (χ1) is 19.3. The van der Waals surface area contributed by atoms with Gasteiger partial charge in [-0.25, -0.2) is 9.78 Å². The number of aromatic nitrogens is 3. The lowest BCUT2D eigenvalue weighted by Gasteiger charge is -2.32. The van der Waals surface area contributed by atoms with Crippen LogP contribution in [0.3, 0.4) is 0 Å². The monoisotopic (exact) mass is 584 g/mol. The number of pyridine rings is 1. The van der Waals surface area contributed by atoms with Gasteiger partial charge in [0.15, 0.2) is 5.69 Å². The minimum Gasteiger partial charge on any atom is -0.465 e.